The van der Waals surface area contributed by atoms with E-state index in [1.54, 1.807) is 13.2 Å². The van der Waals surface area contributed by atoms with Gasteiger partial charge in [-0.3, -0.25) is 9.59 Å². The minimum atomic E-state index is -0.112. The summed E-state index contributed by atoms with van der Waals surface area (Å²) in [6, 6.07) is 13.0. The number of nitrogens with one attached hydrogen (secondary N) is 1. The van der Waals surface area contributed by atoms with Gasteiger partial charge in [0, 0.05) is 37.6 Å². The number of benzene rings is 2. The van der Waals surface area contributed by atoms with Crippen molar-refractivity contribution in [1.29, 1.82) is 0 Å². The summed E-state index contributed by atoms with van der Waals surface area (Å²) < 4.78 is 5.16. The third-order valence-corrected chi connectivity index (χ3v) is 5.55. The first kappa shape index (κ1) is 22.9. The normalized spacial score (nSPS) is 14.0. The van der Waals surface area contributed by atoms with E-state index in [1.165, 1.54) is 0 Å². The van der Waals surface area contributed by atoms with Gasteiger partial charge in [0.05, 0.1) is 24.9 Å². The van der Waals surface area contributed by atoms with Crippen molar-refractivity contribution >= 4 is 34.8 Å². The fraction of sp³-hybridized carbons (Fsp3) is 0.417. The van der Waals surface area contributed by atoms with Crippen LogP contribution >= 0.6 is 11.6 Å². The van der Waals surface area contributed by atoms with Crippen LogP contribution in [0.15, 0.2) is 42.5 Å². The molecule has 0 unspecified atom stereocenters. The molecule has 2 aromatic carbocycles. The highest BCUT2D eigenvalue weighted by Crippen LogP contribution is 2.30. The molecule has 1 fully saturated rings. The van der Waals surface area contributed by atoms with Gasteiger partial charge in [-0.2, -0.15) is 0 Å². The number of amides is 2. The number of rotatable bonds is 7. The van der Waals surface area contributed by atoms with Crippen LogP contribution in [0.4, 0.5) is 11.4 Å². The Hall–Kier alpha value is -2.73. The maximum atomic E-state index is 12.7. The number of halogens is 1. The quantitative estimate of drug-likeness (QED) is 0.695. The third kappa shape index (κ3) is 6.37. The zero-order valence-electron chi connectivity index (χ0n) is 18.4. The maximum absolute atomic E-state index is 12.7. The van der Waals surface area contributed by atoms with E-state index in [0.29, 0.717) is 49.2 Å². The van der Waals surface area contributed by atoms with Crippen LogP contribution in [-0.2, 0) is 16.0 Å². The Kier molecular flexibility index (Phi) is 7.80. The van der Waals surface area contributed by atoms with Crippen LogP contribution in [0.1, 0.15) is 25.8 Å². The average molecular weight is 444 g/mol. The number of piperazine rings is 1. The van der Waals surface area contributed by atoms with Crippen LogP contribution in [0.2, 0.25) is 5.02 Å². The van der Waals surface area contributed by atoms with Gasteiger partial charge in [-0.05, 0) is 41.8 Å². The van der Waals surface area contributed by atoms with Crippen LogP contribution in [0, 0.1) is 5.92 Å². The molecular formula is C24H30ClN3O3. The molecule has 6 nitrogen and oxygen atoms in total. The monoisotopic (exact) mass is 443 g/mol. The lowest BCUT2D eigenvalue weighted by atomic mass is 10.1. The van der Waals surface area contributed by atoms with Crippen LogP contribution in [0.25, 0.3) is 0 Å². The Morgan fingerprint density at radius 1 is 1.06 bits per heavy atom. The fourth-order valence-corrected chi connectivity index (χ4v) is 3.85. The van der Waals surface area contributed by atoms with E-state index in [2.05, 4.69) is 24.1 Å². The maximum Gasteiger partial charge on any atom is 0.228 e. The summed E-state index contributed by atoms with van der Waals surface area (Å²) in [6.45, 7) is 6.89. The lowest BCUT2D eigenvalue weighted by Crippen LogP contribution is -2.49. The Balaban J connectivity index is 1.65. The molecule has 0 spiro atoms. The molecule has 0 radical (unpaired) electrons. The molecule has 0 atom stereocenters. The molecule has 31 heavy (non-hydrogen) atoms. The number of hydrogen-bond donors (Lipinski definition) is 1. The molecule has 1 aliphatic rings. The van der Waals surface area contributed by atoms with Crippen molar-refractivity contribution in [3.8, 4) is 5.75 Å². The lowest BCUT2D eigenvalue weighted by molar-refractivity contribution is -0.132. The van der Waals surface area contributed by atoms with Gasteiger partial charge in [-0.25, -0.2) is 0 Å². The Bertz CT molecular complexity index is 907. The highest BCUT2D eigenvalue weighted by molar-refractivity contribution is 6.31. The molecule has 2 amide bonds. The largest absolute Gasteiger partial charge is 0.497 e. The van der Waals surface area contributed by atoms with Crippen molar-refractivity contribution in [2.75, 3.05) is 43.5 Å². The summed E-state index contributed by atoms with van der Waals surface area (Å²) in [7, 11) is 1.61. The topological polar surface area (TPSA) is 61.9 Å². The number of methoxy groups -OCH3 is 1. The van der Waals surface area contributed by atoms with Gasteiger partial charge in [0.2, 0.25) is 11.8 Å². The van der Waals surface area contributed by atoms with E-state index >= 15 is 0 Å². The standard InChI is InChI=1S/C24H30ClN3O3/c1-17(2)14-24(30)28-12-10-27(11-13-28)22-9-6-19(25)16-21(22)26-23(29)15-18-4-7-20(31-3)8-5-18/h4-9,16-17H,10-15H2,1-3H3,(H,26,29). The second kappa shape index (κ2) is 10.5. The molecule has 1 aliphatic heterocycles. The zero-order valence-corrected chi connectivity index (χ0v) is 19.1. The number of nitrogens with zero attached hydrogens (tertiary/aromatic N) is 2. The van der Waals surface area contributed by atoms with Crippen molar-refractivity contribution in [2.24, 2.45) is 5.92 Å². The van der Waals surface area contributed by atoms with Gasteiger partial charge in [-0.1, -0.05) is 37.6 Å². The van der Waals surface area contributed by atoms with Gasteiger partial charge >= 0.3 is 0 Å². The molecule has 1 saturated heterocycles. The van der Waals surface area contributed by atoms with Gasteiger partial charge in [0.1, 0.15) is 5.75 Å². The molecule has 7 heteroatoms. The van der Waals surface area contributed by atoms with Crippen molar-refractivity contribution < 1.29 is 14.3 Å². The van der Waals surface area contributed by atoms with E-state index in [9.17, 15) is 9.59 Å². The van der Waals surface area contributed by atoms with E-state index < -0.39 is 0 Å². The van der Waals surface area contributed by atoms with Crippen LogP contribution in [-0.4, -0.2) is 50.0 Å². The highest BCUT2D eigenvalue weighted by Gasteiger charge is 2.23. The minimum Gasteiger partial charge on any atom is -0.497 e. The predicted octanol–water partition coefficient (Wildman–Crippen LogP) is 4.22. The highest BCUT2D eigenvalue weighted by atomic mass is 35.5. The van der Waals surface area contributed by atoms with Gasteiger partial charge < -0.3 is 19.9 Å². The number of carbonyl (C=O) groups excluding carboxylic acids is 2. The lowest BCUT2D eigenvalue weighted by Gasteiger charge is -2.37. The van der Waals surface area contributed by atoms with Gasteiger partial charge in [0.25, 0.3) is 0 Å². The predicted molar refractivity (Wildman–Crippen MR) is 125 cm³/mol. The Morgan fingerprint density at radius 2 is 1.74 bits per heavy atom. The molecule has 0 aromatic heterocycles. The first-order valence-corrected chi connectivity index (χ1v) is 11.0. The van der Waals surface area contributed by atoms with E-state index in [-0.39, 0.29) is 18.2 Å². The zero-order chi connectivity index (χ0) is 22.4. The molecule has 0 aliphatic carbocycles. The average Bonchev–Trinajstić information content (AvgIpc) is 2.74. The van der Waals surface area contributed by atoms with E-state index in [1.807, 2.05) is 41.3 Å². The van der Waals surface area contributed by atoms with E-state index in [0.717, 1.165) is 17.0 Å². The second-order valence-electron chi connectivity index (χ2n) is 8.20. The van der Waals surface area contributed by atoms with Gasteiger partial charge in [-0.15, -0.1) is 0 Å². The molecule has 2 aromatic rings. The SMILES string of the molecule is COc1ccc(CC(=O)Nc2cc(Cl)ccc2N2CCN(C(=O)CC(C)C)CC2)cc1. The second-order valence-corrected chi connectivity index (χ2v) is 8.64. The number of carbonyl (C=O) groups is 2. The summed E-state index contributed by atoms with van der Waals surface area (Å²) in [5.74, 6) is 1.21. The molecule has 1 heterocycles. The van der Waals surface area contributed by atoms with E-state index in [4.69, 9.17) is 16.3 Å². The summed E-state index contributed by atoms with van der Waals surface area (Å²) >= 11 is 6.21. The smallest absolute Gasteiger partial charge is 0.228 e. The molecular weight excluding hydrogens is 414 g/mol. The van der Waals surface area contributed by atoms with Crippen molar-refractivity contribution in [2.45, 2.75) is 26.7 Å². The van der Waals surface area contributed by atoms with Gasteiger partial charge in [0.15, 0.2) is 0 Å². The molecule has 0 saturated carbocycles. The molecule has 1 N–H and O–H groups in total. The van der Waals surface area contributed by atoms with Crippen molar-refractivity contribution in [1.82, 2.24) is 4.90 Å². The summed E-state index contributed by atoms with van der Waals surface area (Å²) in [4.78, 5) is 29.1. The number of hydrogen-bond acceptors (Lipinski definition) is 4. The molecule has 166 valence electrons. The summed E-state index contributed by atoms with van der Waals surface area (Å²) in [6.07, 6.45) is 0.834. The van der Waals surface area contributed by atoms with Crippen LogP contribution < -0.4 is 15.0 Å². The number of ether oxygens (including phenoxy) is 1. The van der Waals surface area contributed by atoms with Crippen molar-refractivity contribution in [3.63, 3.8) is 0 Å². The fourth-order valence-electron chi connectivity index (χ4n) is 3.68. The minimum absolute atomic E-state index is 0.112. The number of anilines is 2. The van der Waals surface area contributed by atoms with Crippen molar-refractivity contribution in [3.05, 3.63) is 53.1 Å². The van der Waals surface area contributed by atoms with Crippen LogP contribution in [0.5, 0.6) is 5.75 Å². The first-order chi connectivity index (χ1) is 14.9. The van der Waals surface area contributed by atoms with Crippen LogP contribution in [0.3, 0.4) is 0 Å². The Morgan fingerprint density at radius 3 is 2.35 bits per heavy atom. The molecule has 3 rings (SSSR count). The summed E-state index contributed by atoms with van der Waals surface area (Å²) in [5, 5.41) is 3.57. The molecule has 0 bridgehead atoms. The third-order valence-electron chi connectivity index (χ3n) is 5.31. The first-order valence-electron chi connectivity index (χ1n) is 10.6. The summed E-state index contributed by atoms with van der Waals surface area (Å²) in [5.41, 5.74) is 2.51. The Labute approximate surface area is 189 Å².